The summed E-state index contributed by atoms with van der Waals surface area (Å²) in [6, 6.07) is 20.1. The Morgan fingerprint density at radius 1 is 0.944 bits per heavy atom. The first-order chi connectivity index (χ1) is 8.48. The summed E-state index contributed by atoms with van der Waals surface area (Å²) in [6.07, 6.45) is 0. The van der Waals surface area contributed by atoms with E-state index in [1.165, 1.54) is 16.9 Å². The van der Waals surface area contributed by atoms with E-state index in [0.29, 0.717) is 0 Å². The zero-order chi connectivity index (χ0) is 13.2. The molecule has 0 saturated heterocycles. The van der Waals surface area contributed by atoms with Gasteiger partial charge in [0.2, 0.25) is 0 Å². The highest BCUT2D eigenvalue weighted by Crippen LogP contribution is 2.28. The smallest absolute Gasteiger partial charge is 0.0411 e. The molecule has 0 aliphatic rings. The molecule has 2 aromatic carbocycles. The Labute approximate surface area is 110 Å². The summed E-state index contributed by atoms with van der Waals surface area (Å²) in [5.74, 6) is 0. The Bertz CT molecular complexity index is 509. The second kappa shape index (κ2) is 4.85. The van der Waals surface area contributed by atoms with Crippen LogP contribution in [0, 0.1) is 6.07 Å². The van der Waals surface area contributed by atoms with Gasteiger partial charge in [-0.05, 0) is 41.3 Å². The van der Waals surface area contributed by atoms with Crippen LogP contribution in [0.2, 0.25) is 0 Å². The average Bonchev–Trinajstić information content (AvgIpc) is 2.38. The maximum atomic E-state index is 3.33. The Kier molecular flexibility index (Phi) is 3.42. The van der Waals surface area contributed by atoms with Crippen molar-refractivity contribution in [2.45, 2.75) is 26.2 Å². The fraction of sp³-hybridized carbons (Fsp3) is 0.294. The molecular formula is C17H20N. The summed E-state index contributed by atoms with van der Waals surface area (Å²) < 4.78 is 0. The van der Waals surface area contributed by atoms with E-state index in [-0.39, 0.29) is 5.41 Å². The van der Waals surface area contributed by atoms with E-state index >= 15 is 0 Å². The Hall–Kier alpha value is -1.76. The molecule has 0 spiro atoms. The van der Waals surface area contributed by atoms with E-state index in [1.54, 1.807) is 0 Å². The van der Waals surface area contributed by atoms with E-state index in [9.17, 15) is 0 Å². The number of rotatable bonds is 2. The summed E-state index contributed by atoms with van der Waals surface area (Å²) in [6.45, 7) is 6.64. The minimum atomic E-state index is 0.132. The van der Waals surface area contributed by atoms with E-state index in [4.69, 9.17) is 0 Å². The van der Waals surface area contributed by atoms with E-state index in [0.717, 1.165) is 0 Å². The fourth-order valence-electron chi connectivity index (χ4n) is 1.90. The molecule has 1 heteroatoms. The van der Waals surface area contributed by atoms with Crippen LogP contribution in [-0.4, -0.2) is 7.05 Å². The molecule has 0 bridgehead atoms. The van der Waals surface area contributed by atoms with Gasteiger partial charge in [0.15, 0.2) is 0 Å². The second-order valence-corrected chi connectivity index (χ2v) is 5.61. The lowest BCUT2D eigenvalue weighted by Crippen LogP contribution is -2.14. The van der Waals surface area contributed by atoms with Crippen molar-refractivity contribution >= 4 is 11.4 Å². The number of hydrogen-bond acceptors (Lipinski definition) is 1. The highest BCUT2D eigenvalue weighted by atomic mass is 15.1. The molecule has 2 aromatic rings. The van der Waals surface area contributed by atoms with Crippen molar-refractivity contribution in [3.8, 4) is 0 Å². The van der Waals surface area contributed by atoms with Crippen LogP contribution in [0.3, 0.4) is 0 Å². The van der Waals surface area contributed by atoms with Gasteiger partial charge in [-0.1, -0.05) is 45.0 Å². The number of nitrogens with zero attached hydrogens (tertiary/aromatic N) is 1. The molecule has 0 aliphatic heterocycles. The summed E-state index contributed by atoms with van der Waals surface area (Å²) in [7, 11) is 2.09. The molecular weight excluding hydrogens is 218 g/mol. The standard InChI is InChI=1S/C17H20N/c1-17(2,3)14-9-8-12-16(13-14)18(4)15-10-6-5-7-11-15/h5-8,10-13H,1-4H3. The predicted molar refractivity (Wildman–Crippen MR) is 78.5 cm³/mol. The van der Waals surface area contributed by atoms with Crippen molar-refractivity contribution in [2.75, 3.05) is 11.9 Å². The summed E-state index contributed by atoms with van der Waals surface area (Å²) in [4.78, 5) is 2.20. The molecule has 0 amide bonds. The SMILES string of the molecule is CN(c1ccccc1)c1cc[c]c(C(C)(C)C)c1. The normalized spacial score (nSPS) is 11.3. The first-order valence-electron chi connectivity index (χ1n) is 6.29. The minimum Gasteiger partial charge on any atom is -0.345 e. The van der Waals surface area contributed by atoms with Crippen molar-refractivity contribution in [1.82, 2.24) is 0 Å². The largest absolute Gasteiger partial charge is 0.345 e. The zero-order valence-electron chi connectivity index (χ0n) is 11.6. The van der Waals surface area contributed by atoms with E-state index < -0.39 is 0 Å². The van der Waals surface area contributed by atoms with Gasteiger partial charge in [-0.2, -0.15) is 0 Å². The van der Waals surface area contributed by atoms with Crippen LogP contribution in [0.25, 0.3) is 0 Å². The summed E-state index contributed by atoms with van der Waals surface area (Å²) in [5, 5.41) is 0. The van der Waals surface area contributed by atoms with Gasteiger partial charge in [-0.3, -0.25) is 0 Å². The molecule has 1 radical (unpaired) electrons. The highest BCUT2D eigenvalue weighted by molar-refractivity contribution is 5.63. The van der Waals surface area contributed by atoms with Crippen molar-refractivity contribution in [2.24, 2.45) is 0 Å². The third kappa shape index (κ3) is 2.73. The van der Waals surface area contributed by atoms with Gasteiger partial charge in [0.1, 0.15) is 0 Å². The maximum absolute atomic E-state index is 3.33. The average molecular weight is 238 g/mol. The molecule has 2 rings (SSSR count). The van der Waals surface area contributed by atoms with Gasteiger partial charge in [-0.25, -0.2) is 0 Å². The molecule has 0 N–H and O–H groups in total. The molecule has 0 atom stereocenters. The first-order valence-corrected chi connectivity index (χ1v) is 6.29. The third-order valence-electron chi connectivity index (χ3n) is 3.12. The quantitative estimate of drug-likeness (QED) is 0.741. The lowest BCUT2D eigenvalue weighted by atomic mass is 9.87. The van der Waals surface area contributed by atoms with Crippen LogP contribution in [0.4, 0.5) is 11.4 Å². The van der Waals surface area contributed by atoms with Crippen molar-refractivity contribution in [3.63, 3.8) is 0 Å². The van der Waals surface area contributed by atoms with E-state index in [2.05, 4.69) is 75.2 Å². The number of hydrogen-bond donors (Lipinski definition) is 0. The second-order valence-electron chi connectivity index (χ2n) is 5.61. The van der Waals surface area contributed by atoms with Gasteiger partial charge in [0, 0.05) is 18.4 Å². The van der Waals surface area contributed by atoms with Crippen molar-refractivity contribution in [1.29, 1.82) is 0 Å². The fourth-order valence-corrected chi connectivity index (χ4v) is 1.90. The molecule has 0 heterocycles. The monoisotopic (exact) mass is 238 g/mol. The summed E-state index contributed by atoms with van der Waals surface area (Å²) in [5.41, 5.74) is 3.77. The summed E-state index contributed by atoms with van der Waals surface area (Å²) >= 11 is 0. The molecule has 0 saturated carbocycles. The van der Waals surface area contributed by atoms with Crippen LogP contribution in [0.15, 0.2) is 48.5 Å². The topological polar surface area (TPSA) is 3.24 Å². The first kappa shape index (κ1) is 12.7. The third-order valence-corrected chi connectivity index (χ3v) is 3.12. The molecule has 0 aliphatic carbocycles. The van der Waals surface area contributed by atoms with Crippen LogP contribution in [0.5, 0.6) is 0 Å². The van der Waals surface area contributed by atoms with Gasteiger partial charge in [-0.15, -0.1) is 0 Å². The zero-order valence-corrected chi connectivity index (χ0v) is 11.6. The van der Waals surface area contributed by atoms with Crippen LogP contribution in [-0.2, 0) is 5.41 Å². The predicted octanol–water partition coefficient (Wildman–Crippen LogP) is 4.55. The van der Waals surface area contributed by atoms with Gasteiger partial charge in [0.25, 0.3) is 0 Å². The van der Waals surface area contributed by atoms with Crippen molar-refractivity contribution in [3.05, 3.63) is 60.2 Å². The van der Waals surface area contributed by atoms with Gasteiger partial charge >= 0.3 is 0 Å². The molecule has 18 heavy (non-hydrogen) atoms. The molecule has 1 nitrogen and oxygen atoms in total. The number of para-hydroxylation sites is 1. The van der Waals surface area contributed by atoms with E-state index in [1.807, 2.05) is 12.1 Å². The molecule has 0 aromatic heterocycles. The van der Waals surface area contributed by atoms with Gasteiger partial charge < -0.3 is 4.90 Å². The van der Waals surface area contributed by atoms with Crippen LogP contribution >= 0.6 is 0 Å². The Morgan fingerprint density at radius 2 is 1.61 bits per heavy atom. The lowest BCUT2D eigenvalue weighted by molar-refractivity contribution is 0.589. The molecule has 0 unspecified atom stereocenters. The van der Waals surface area contributed by atoms with Gasteiger partial charge in [0.05, 0.1) is 0 Å². The maximum Gasteiger partial charge on any atom is 0.0411 e. The minimum absolute atomic E-state index is 0.132. The number of benzene rings is 2. The number of anilines is 2. The Morgan fingerprint density at radius 3 is 2.22 bits per heavy atom. The molecule has 93 valence electrons. The highest BCUT2D eigenvalue weighted by Gasteiger charge is 2.15. The van der Waals surface area contributed by atoms with Crippen LogP contribution < -0.4 is 4.90 Å². The lowest BCUT2D eigenvalue weighted by Gasteiger charge is -2.24. The molecule has 0 fully saturated rings. The Balaban J connectivity index is 2.35. The van der Waals surface area contributed by atoms with Crippen LogP contribution in [0.1, 0.15) is 26.3 Å². The van der Waals surface area contributed by atoms with Crippen molar-refractivity contribution < 1.29 is 0 Å².